The van der Waals surface area contributed by atoms with Gasteiger partial charge in [0, 0.05) is 22.8 Å². The van der Waals surface area contributed by atoms with Crippen LogP contribution in [0.1, 0.15) is 17.3 Å². The molecule has 0 fully saturated rings. The van der Waals surface area contributed by atoms with Crippen LogP contribution in [0.15, 0.2) is 54.7 Å². The minimum absolute atomic E-state index is 0.0247. The summed E-state index contributed by atoms with van der Waals surface area (Å²) in [5, 5.41) is 4.06. The van der Waals surface area contributed by atoms with Crippen LogP contribution in [-0.4, -0.2) is 23.3 Å². The summed E-state index contributed by atoms with van der Waals surface area (Å²) in [6, 6.07) is 13.7. The van der Waals surface area contributed by atoms with E-state index in [9.17, 15) is 9.59 Å². The first-order chi connectivity index (χ1) is 12.0. The van der Waals surface area contributed by atoms with Crippen LogP contribution >= 0.6 is 11.6 Å². The van der Waals surface area contributed by atoms with Gasteiger partial charge in [-0.25, -0.2) is 0 Å². The molecule has 6 heteroatoms. The maximum Gasteiger partial charge on any atom is 0.262 e. The number of benzene rings is 2. The molecule has 3 rings (SSSR count). The maximum atomic E-state index is 12.1. The van der Waals surface area contributed by atoms with Crippen molar-refractivity contribution in [1.82, 2.24) is 4.98 Å². The second-order valence-electron chi connectivity index (χ2n) is 5.42. The number of amides is 1. The van der Waals surface area contributed by atoms with E-state index >= 15 is 0 Å². The Balaban J connectivity index is 1.66. The Kier molecular flexibility index (Phi) is 4.95. The fourth-order valence-electron chi connectivity index (χ4n) is 2.36. The first-order valence-electron chi connectivity index (χ1n) is 7.61. The Hall–Kier alpha value is -2.92. The molecule has 0 saturated carbocycles. The molecule has 0 unspecified atom stereocenters. The number of halogens is 1. The number of ketones is 1. The summed E-state index contributed by atoms with van der Waals surface area (Å²) < 4.78 is 5.58. The summed E-state index contributed by atoms with van der Waals surface area (Å²) in [5.41, 5.74) is 1.79. The molecule has 0 saturated heterocycles. The van der Waals surface area contributed by atoms with Crippen molar-refractivity contribution in [2.45, 2.75) is 6.92 Å². The zero-order valence-corrected chi connectivity index (χ0v) is 14.2. The molecule has 0 radical (unpaired) electrons. The minimum atomic E-state index is -0.311. The van der Waals surface area contributed by atoms with Gasteiger partial charge in [-0.15, -0.1) is 0 Å². The van der Waals surface area contributed by atoms with Gasteiger partial charge in [-0.3, -0.25) is 14.6 Å². The van der Waals surface area contributed by atoms with Crippen LogP contribution in [0.3, 0.4) is 0 Å². The molecule has 0 aliphatic rings. The minimum Gasteiger partial charge on any atom is -0.481 e. The molecule has 0 aliphatic heterocycles. The molecule has 126 valence electrons. The lowest BCUT2D eigenvalue weighted by atomic mass is 10.1. The summed E-state index contributed by atoms with van der Waals surface area (Å²) in [6.07, 6.45) is 1.64. The van der Waals surface area contributed by atoms with E-state index in [0.29, 0.717) is 27.5 Å². The van der Waals surface area contributed by atoms with Gasteiger partial charge in [0.1, 0.15) is 11.3 Å². The first kappa shape index (κ1) is 16.9. The number of pyridine rings is 1. The van der Waals surface area contributed by atoms with Crippen LogP contribution in [0, 0.1) is 0 Å². The highest BCUT2D eigenvalue weighted by molar-refractivity contribution is 6.35. The van der Waals surface area contributed by atoms with Gasteiger partial charge in [-0.2, -0.15) is 0 Å². The number of hydrogen-bond donors (Lipinski definition) is 1. The predicted octanol–water partition coefficient (Wildman–Crippen LogP) is 4.11. The molecule has 0 spiro atoms. The lowest BCUT2D eigenvalue weighted by molar-refractivity contribution is -0.118. The number of rotatable bonds is 5. The number of nitrogens with zero attached hydrogens (tertiary/aromatic N) is 1. The molecular weight excluding hydrogens is 340 g/mol. The van der Waals surface area contributed by atoms with Gasteiger partial charge in [0.15, 0.2) is 12.4 Å². The number of Topliss-reactive ketones (excluding diaryl/α,β-unsaturated/α-hetero) is 1. The maximum absolute atomic E-state index is 12.1. The third-order valence-electron chi connectivity index (χ3n) is 3.61. The van der Waals surface area contributed by atoms with E-state index in [0.717, 1.165) is 5.39 Å². The average Bonchev–Trinajstić information content (AvgIpc) is 2.62. The molecule has 1 amide bonds. The molecule has 5 nitrogen and oxygen atoms in total. The van der Waals surface area contributed by atoms with Gasteiger partial charge in [-0.1, -0.05) is 11.6 Å². The normalized spacial score (nSPS) is 10.5. The number of carbonyl (C=O) groups excluding carboxylic acids is 2. The SMILES string of the molecule is CC(=O)c1ccc(NC(=O)COc2ccc(Cl)c3cccnc23)cc1. The van der Waals surface area contributed by atoms with Gasteiger partial charge in [0.2, 0.25) is 0 Å². The molecule has 2 aromatic carbocycles. The number of carbonyl (C=O) groups is 2. The molecule has 0 aliphatic carbocycles. The summed E-state index contributed by atoms with van der Waals surface area (Å²) >= 11 is 6.14. The quantitative estimate of drug-likeness (QED) is 0.700. The van der Waals surface area contributed by atoms with Crippen LogP contribution in [0.4, 0.5) is 5.69 Å². The van der Waals surface area contributed by atoms with E-state index in [1.807, 2.05) is 6.07 Å². The molecule has 25 heavy (non-hydrogen) atoms. The van der Waals surface area contributed by atoms with Crippen molar-refractivity contribution < 1.29 is 14.3 Å². The van der Waals surface area contributed by atoms with E-state index in [-0.39, 0.29) is 18.3 Å². The number of aromatic nitrogens is 1. The topological polar surface area (TPSA) is 68.3 Å². The standard InChI is InChI=1S/C19H15ClN2O3/c1-12(23)13-4-6-14(7-5-13)22-18(24)11-25-17-9-8-16(20)15-3-2-10-21-19(15)17/h2-10H,11H2,1H3,(H,22,24). The van der Waals surface area contributed by atoms with E-state index in [2.05, 4.69) is 10.3 Å². The molecule has 1 heterocycles. The van der Waals surface area contributed by atoms with Crippen LogP contribution in [0.25, 0.3) is 10.9 Å². The second kappa shape index (κ2) is 7.32. The summed E-state index contributed by atoms with van der Waals surface area (Å²) in [7, 11) is 0. The highest BCUT2D eigenvalue weighted by atomic mass is 35.5. The van der Waals surface area contributed by atoms with Crippen molar-refractivity contribution in [3.05, 3.63) is 65.3 Å². The number of fused-ring (bicyclic) bond motifs is 1. The lowest BCUT2D eigenvalue weighted by Gasteiger charge is -2.10. The summed E-state index contributed by atoms with van der Waals surface area (Å²) in [6.45, 7) is 1.33. The van der Waals surface area contributed by atoms with Gasteiger partial charge >= 0.3 is 0 Å². The van der Waals surface area contributed by atoms with Crippen molar-refractivity contribution >= 4 is 39.9 Å². The highest BCUT2D eigenvalue weighted by Gasteiger charge is 2.09. The van der Waals surface area contributed by atoms with Crippen LogP contribution in [0.2, 0.25) is 5.02 Å². The number of nitrogens with one attached hydrogen (secondary N) is 1. The molecule has 3 aromatic rings. The van der Waals surface area contributed by atoms with Crippen molar-refractivity contribution in [1.29, 1.82) is 0 Å². The fourth-order valence-corrected chi connectivity index (χ4v) is 2.57. The van der Waals surface area contributed by atoms with Gasteiger partial charge < -0.3 is 10.1 Å². The summed E-state index contributed by atoms with van der Waals surface area (Å²) in [4.78, 5) is 27.6. The fraction of sp³-hybridized carbons (Fsp3) is 0.105. The zero-order chi connectivity index (χ0) is 17.8. The second-order valence-corrected chi connectivity index (χ2v) is 5.82. The van der Waals surface area contributed by atoms with Crippen LogP contribution < -0.4 is 10.1 Å². The Bertz CT molecular complexity index is 939. The van der Waals surface area contributed by atoms with E-state index in [1.165, 1.54) is 6.92 Å². The molecule has 0 atom stereocenters. The Morgan fingerprint density at radius 2 is 1.88 bits per heavy atom. The molecular formula is C19H15ClN2O3. The Labute approximate surface area is 149 Å². The largest absolute Gasteiger partial charge is 0.481 e. The third kappa shape index (κ3) is 3.95. The number of anilines is 1. The van der Waals surface area contributed by atoms with Gasteiger partial charge in [-0.05, 0) is 55.5 Å². The molecule has 1 N–H and O–H groups in total. The number of ether oxygens (including phenoxy) is 1. The molecule has 1 aromatic heterocycles. The zero-order valence-electron chi connectivity index (χ0n) is 13.5. The van der Waals surface area contributed by atoms with Crippen molar-refractivity contribution in [3.8, 4) is 5.75 Å². The van der Waals surface area contributed by atoms with Crippen LogP contribution in [0.5, 0.6) is 5.75 Å². The third-order valence-corrected chi connectivity index (χ3v) is 3.94. The summed E-state index contributed by atoms with van der Waals surface area (Å²) in [5.74, 6) is 0.153. The van der Waals surface area contributed by atoms with E-state index in [4.69, 9.17) is 16.3 Å². The van der Waals surface area contributed by atoms with Crippen molar-refractivity contribution in [2.75, 3.05) is 11.9 Å². The molecule has 0 bridgehead atoms. The van der Waals surface area contributed by atoms with Gasteiger partial charge in [0.05, 0.1) is 5.02 Å². The van der Waals surface area contributed by atoms with Crippen molar-refractivity contribution in [2.24, 2.45) is 0 Å². The van der Waals surface area contributed by atoms with E-state index < -0.39 is 0 Å². The Morgan fingerprint density at radius 1 is 1.12 bits per heavy atom. The van der Waals surface area contributed by atoms with Crippen LogP contribution in [-0.2, 0) is 4.79 Å². The monoisotopic (exact) mass is 354 g/mol. The smallest absolute Gasteiger partial charge is 0.262 e. The van der Waals surface area contributed by atoms with Crippen molar-refractivity contribution in [3.63, 3.8) is 0 Å². The highest BCUT2D eigenvalue weighted by Crippen LogP contribution is 2.29. The van der Waals surface area contributed by atoms with E-state index in [1.54, 1.807) is 48.7 Å². The lowest BCUT2D eigenvalue weighted by Crippen LogP contribution is -2.20. The first-order valence-corrected chi connectivity index (χ1v) is 7.99. The number of hydrogen-bond acceptors (Lipinski definition) is 4. The predicted molar refractivity (Wildman–Crippen MR) is 97.3 cm³/mol. The van der Waals surface area contributed by atoms with Gasteiger partial charge in [0.25, 0.3) is 5.91 Å². The average molecular weight is 355 g/mol. The Morgan fingerprint density at radius 3 is 2.60 bits per heavy atom.